The number of hydrogen-bond donors (Lipinski definition) is 1. The zero-order valence-corrected chi connectivity index (χ0v) is 15.4. The topological polar surface area (TPSA) is 95.6 Å². The first kappa shape index (κ1) is 18.5. The summed E-state index contributed by atoms with van der Waals surface area (Å²) in [5.41, 5.74) is 1.14. The Morgan fingerprint density at radius 3 is 2.77 bits per heavy atom. The molecule has 1 saturated heterocycles. The number of likely N-dealkylation sites (tertiary alicyclic amines) is 1. The number of oxazole rings is 1. The Labute approximate surface area is 152 Å². The molecule has 1 N–H and O–H groups in total. The van der Waals surface area contributed by atoms with Crippen molar-refractivity contribution < 1.29 is 14.3 Å². The van der Waals surface area contributed by atoms with E-state index >= 15 is 0 Å². The van der Waals surface area contributed by atoms with Crippen molar-refractivity contribution in [1.29, 1.82) is 0 Å². The number of β-amino-alcohol motifs (C(OH)–C–C–N with tert-alkyl or cyclic N) is 1. The third-order valence-electron chi connectivity index (χ3n) is 4.39. The number of aliphatic hydroxyl groups is 1. The van der Waals surface area contributed by atoms with E-state index in [1.165, 1.54) is 6.26 Å². The average Bonchev–Trinajstić information content (AvgIpc) is 3.24. The molecule has 2 aromatic rings. The van der Waals surface area contributed by atoms with E-state index in [4.69, 9.17) is 4.42 Å². The van der Waals surface area contributed by atoms with Gasteiger partial charge < -0.3 is 14.4 Å². The molecule has 0 radical (unpaired) electrons. The van der Waals surface area contributed by atoms with Crippen LogP contribution in [0.4, 0.5) is 0 Å². The highest BCUT2D eigenvalue weighted by molar-refractivity contribution is 5.91. The van der Waals surface area contributed by atoms with Crippen molar-refractivity contribution in [3.8, 4) is 0 Å². The monoisotopic (exact) mass is 359 g/mol. The maximum absolute atomic E-state index is 12.5. The summed E-state index contributed by atoms with van der Waals surface area (Å²) in [6.07, 6.45) is 5.35. The minimum atomic E-state index is -0.290. The van der Waals surface area contributed by atoms with Crippen LogP contribution in [0.25, 0.3) is 0 Å². The standard InChI is InChI=1S/C18H25N5O3/c1-12(2)17-19-6-13(7-20-17)8-22(3)18(25)15-11-26-16(21-15)10-23-5-4-14(24)9-23/h6-7,11-12,14,24H,4-5,8-10H2,1-3H3/t14-/m0/s1. The lowest BCUT2D eigenvalue weighted by atomic mass is 10.2. The number of amides is 1. The van der Waals surface area contributed by atoms with Crippen LogP contribution in [-0.4, -0.2) is 62.0 Å². The quantitative estimate of drug-likeness (QED) is 0.833. The number of carbonyl (C=O) groups is 1. The van der Waals surface area contributed by atoms with Gasteiger partial charge in [0.2, 0.25) is 5.89 Å². The van der Waals surface area contributed by atoms with E-state index in [-0.39, 0.29) is 23.6 Å². The molecule has 0 aromatic carbocycles. The average molecular weight is 359 g/mol. The molecule has 8 heteroatoms. The molecular weight excluding hydrogens is 334 g/mol. The Bertz CT molecular complexity index is 744. The molecular formula is C18H25N5O3. The van der Waals surface area contributed by atoms with E-state index in [0.717, 1.165) is 24.4 Å². The Hall–Kier alpha value is -2.32. The molecule has 0 aliphatic carbocycles. The van der Waals surface area contributed by atoms with Crippen LogP contribution in [-0.2, 0) is 13.1 Å². The van der Waals surface area contributed by atoms with Crippen LogP contribution < -0.4 is 0 Å². The Morgan fingerprint density at radius 2 is 2.15 bits per heavy atom. The summed E-state index contributed by atoms with van der Waals surface area (Å²) < 4.78 is 5.42. The van der Waals surface area contributed by atoms with Crippen molar-refractivity contribution in [3.63, 3.8) is 0 Å². The van der Waals surface area contributed by atoms with Crippen LogP contribution >= 0.6 is 0 Å². The molecule has 1 aliphatic rings. The van der Waals surface area contributed by atoms with Gasteiger partial charge in [-0.1, -0.05) is 13.8 Å². The molecule has 1 fully saturated rings. The second kappa shape index (κ2) is 7.92. The van der Waals surface area contributed by atoms with Crippen molar-refractivity contribution in [3.05, 3.63) is 41.6 Å². The van der Waals surface area contributed by atoms with Crippen LogP contribution in [0.5, 0.6) is 0 Å². The van der Waals surface area contributed by atoms with Crippen LogP contribution in [0, 0.1) is 0 Å². The molecule has 1 atom stereocenters. The summed E-state index contributed by atoms with van der Waals surface area (Å²) in [6, 6.07) is 0. The maximum atomic E-state index is 12.5. The molecule has 0 bridgehead atoms. The molecule has 1 amide bonds. The van der Waals surface area contributed by atoms with E-state index in [2.05, 4.69) is 19.9 Å². The van der Waals surface area contributed by atoms with Crippen LogP contribution in [0.1, 0.15) is 54.0 Å². The summed E-state index contributed by atoms with van der Waals surface area (Å²) in [5.74, 6) is 1.33. The number of aliphatic hydroxyl groups excluding tert-OH is 1. The molecule has 0 spiro atoms. The van der Waals surface area contributed by atoms with E-state index in [0.29, 0.717) is 25.5 Å². The zero-order chi connectivity index (χ0) is 18.7. The van der Waals surface area contributed by atoms with E-state index in [9.17, 15) is 9.90 Å². The lowest BCUT2D eigenvalue weighted by Crippen LogP contribution is -2.27. The van der Waals surface area contributed by atoms with Gasteiger partial charge in [0.15, 0.2) is 5.69 Å². The summed E-state index contributed by atoms with van der Waals surface area (Å²) >= 11 is 0. The predicted molar refractivity (Wildman–Crippen MR) is 94.3 cm³/mol. The SMILES string of the molecule is CC(C)c1ncc(CN(C)C(=O)c2coc(CN3CC[C@H](O)C3)n2)cn1. The molecule has 8 nitrogen and oxygen atoms in total. The summed E-state index contributed by atoms with van der Waals surface area (Å²) in [4.78, 5) is 29.1. The van der Waals surface area contributed by atoms with Crippen molar-refractivity contribution in [1.82, 2.24) is 24.8 Å². The summed E-state index contributed by atoms with van der Waals surface area (Å²) in [6.45, 7) is 6.39. The highest BCUT2D eigenvalue weighted by Gasteiger charge is 2.23. The van der Waals surface area contributed by atoms with E-state index < -0.39 is 0 Å². The number of nitrogens with zero attached hydrogens (tertiary/aromatic N) is 5. The van der Waals surface area contributed by atoms with E-state index in [1.807, 2.05) is 13.8 Å². The lowest BCUT2D eigenvalue weighted by molar-refractivity contribution is 0.0779. The maximum Gasteiger partial charge on any atom is 0.275 e. The number of rotatable bonds is 6. The highest BCUT2D eigenvalue weighted by Crippen LogP contribution is 2.15. The Balaban J connectivity index is 1.58. The minimum Gasteiger partial charge on any atom is -0.447 e. The first-order valence-corrected chi connectivity index (χ1v) is 8.83. The lowest BCUT2D eigenvalue weighted by Gasteiger charge is -2.15. The summed E-state index contributed by atoms with van der Waals surface area (Å²) in [5, 5.41) is 9.57. The molecule has 26 heavy (non-hydrogen) atoms. The van der Waals surface area contributed by atoms with Gasteiger partial charge in [0.05, 0.1) is 12.6 Å². The van der Waals surface area contributed by atoms with E-state index in [1.54, 1.807) is 24.3 Å². The molecule has 140 valence electrons. The second-order valence-electron chi connectivity index (χ2n) is 7.07. The van der Waals surface area contributed by atoms with Crippen molar-refractivity contribution in [2.75, 3.05) is 20.1 Å². The van der Waals surface area contributed by atoms with Crippen LogP contribution in [0.3, 0.4) is 0 Å². The fraction of sp³-hybridized carbons (Fsp3) is 0.556. The smallest absolute Gasteiger partial charge is 0.275 e. The number of hydrogen-bond acceptors (Lipinski definition) is 7. The first-order valence-electron chi connectivity index (χ1n) is 8.83. The minimum absolute atomic E-state index is 0.214. The fourth-order valence-corrected chi connectivity index (χ4v) is 2.91. The zero-order valence-electron chi connectivity index (χ0n) is 15.4. The second-order valence-corrected chi connectivity index (χ2v) is 7.07. The third-order valence-corrected chi connectivity index (χ3v) is 4.39. The molecule has 3 heterocycles. The van der Waals surface area contributed by atoms with Gasteiger partial charge in [-0.2, -0.15) is 0 Å². The largest absolute Gasteiger partial charge is 0.447 e. The van der Waals surface area contributed by atoms with Gasteiger partial charge in [0, 0.05) is 50.6 Å². The fourth-order valence-electron chi connectivity index (χ4n) is 2.91. The third kappa shape index (κ3) is 4.44. The predicted octanol–water partition coefficient (Wildman–Crippen LogP) is 1.43. The van der Waals surface area contributed by atoms with Crippen LogP contribution in [0.2, 0.25) is 0 Å². The van der Waals surface area contributed by atoms with Crippen molar-refractivity contribution in [2.45, 2.75) is 45.4 Å². The Kier molecular flexibility index (Phi) is 5.63. The summed E-state index contributed by atoms with van der Waals surface area (Å²) in [7, 11) is 1.71. The van der Waals surface area contributed by atoms with Gasteiger partial charge in [-0.15, -0.1) is 0 Å². The molecule has 0 unspecified atom stereocenters. The molecule has 0 saturated carbocycles. The van der Waals surface area contributed by atoms with Crippen LogP contribution in [0.15, 0.2) is 23.1 Å². The van der Waals surface area contributed by atoms with Gasteiger partial charge in [-0.3, -0.25) is 9.69 Å². The van der Waals surface area contributed by atoms with Gasteiger partial charge >= 0.3 is 0 Å². The van der Waals surface area contributed by atoms with Gasteiger partial charge in [-0.05, 0) is 6.42 Å². The van der Waals surface area contributed by atoms with Gasteiger partial charge in [0.1, 0.15) is 12.1 Å². The molecule has 3 rings (SSSR count). The van der Waals surface area contributed by atoms with Crippen molar-refractivity contribution >= 4 is 5.91 Å². The normalized spacial score (nSPS) is 17.8. The number of carbonyl (C=O) groups excluding carboxylic acids is 1. The Morgan fingerprint density at radius 1 is 1.42 bits per heavy atom. The highest BCUT2D eigenvalue weighted by atomic mass is 16.3. The van der Waals surface area contributed by atoms with Crippen molar-refractivity contribution in [2.24, 2.45) is 0 Å². The van der Waals surface area contributed by atoms with Gasteiger partial charge in [0.25, 0.3) is 5.91 Å². The number of aromatic nitrogens is 3. The first-order chi connectivity index (χ1) is 12.4. The molecule has 2 aromatic heterocycles. The molecule has 1 aliphatic heterocycles. The van der Waals surface area contributed by atoms with Gasteiger partial charge in [-0.25, -0.2) is 15.0 Å².